The lowest BCUT2D eigenvalue weighted by Gasteiger charge is -2.49. The van der Waals surface area contributed by atoms with Gasteiger partial charge in [0.1, 0.15) is 10.3 Å². The number of aromatic nitrogens is 1. The molecule has 4 heterocycles. The Bertz CT molecular complexity index is 815. The van der Waals surface area contributed by atoms with Crippen LogP contribution in [0.4, 0.5) is 0 Å². The van der Waals surface area contributed by atoms with Crippen molar-refractivity contribution in [3.8, 4) is 0 Å². The molecule has 3 aliphatic heterocycles. The van der Waals surface area contributed by atoms with Crippen molar-refractivity contribution in [3.05, 3.63) is 31.3 Å². The molecule has 0 radical (unpaired) electrons. The van der Waals surface area contributed by atoms with E-state index in [4.69, 9.17) is 10.3 Å². The highest BCUT2D eigenvalue weighted by molar-refractivity contribution is 9.13. The van der Waals surface area contributed by atoms with Gasteiger partial charge in [0.25, 0.3) is 11.7 Å². The topological polar surface area (TPSA) is 108 Å². The first-order valence-electron chi connectivity index (χ1n) is 6.88. The summed E-state index contributed by atoms with van der Waals surface area (Å²) in [5.74, 6) is -1.18. The van der Waals surface area contributed by atoms with Crippen LogP contribution in [0, 0.1) is 0 Å². The van der Waals surface area contributed by atoms with Gasteiger partial charge in [-0.15, -0.1) is 0 Å². The third kappa shape index (κ3) is 1.58. The van der Waals surface area contributed by atoms with Crippen molar-refractivity contribution in [2.24, 2.45) is 10.1 Å². The number of nitrogens with zero attached hydrogens (tertiary/aromatic N) is 6. The zero-order valence-corrected chi connectivity index (χ0v) is 15.1. The molecule has 1 aromatic rings. The van der Waals surface area contributed by atoms with Crippen LogP contribution < -0.4 is 5.32 Å². The van der Waals surface area contributed by atoms with E-state index in [2.05, 4.69) is 52.2 Å². The van der Waals surface area contributed by atoms with E-state index in [1.165, 1.54) is 0 Å². The summed E-state index contributed by atoms with van der Waals surface area (Å²) in [4.78, 5) is 21.9. The van der Waals surface area contributed by atoms with Crippen molar-refractivity contribution >= 4 is 43.7 Å². The molecule has 1 amide bonds. The SMILES string of the molecule is CO[C@@]12CCCN3C(=O)c4cc(Br)c(Br)n4[C@]31N=C(N=[N+]=[N-])N2. The molecule has 0 bridgehead atoms. The van der Waals surface area contributed by atoms with Gasteiger partial charge in [-0.1, -0.05) is 0 Å². The van der Waals surface area contributed by atoms with Gasteiger partial charge in [-0.05, 0) is 55.0 Å². The fourth-order valence-electron chi connectivity index (χ4n) is 3.71. The van der Waals surface area contributed by atoms with Crippen molar-refractivity contribution in [2.45, 2.75) is 24.4 Å². The minimum atomic E-state index is -1.15. The molecule has 0 aromatic carbocycles. The fourth-order valence-corrected chi connectivity index (χ4v) is 4.66. The number of ether oxygens (including phenoxy) is 1. The minimum Gasteiger partial charge on any atom is -0.353 e. The maximum Gasteiger partial charge on any atom is 0.274 e. The molecule has 2 atom stereocenters. The summed E-state index contributed by atoms with van der Waals surface area (Å²) in [5.41, 5.74) is 8.26. The quantitative estimate of drug-likeness (QED) is 0.408. The monoisotopic (exact) mass is 443 g/mol. The second-order valence-electron chi connectivity index (χ2n) is 5.48. The first kappa shape index (κ1) is 15.0. The second kappa shape index (κ2) is 4.73. The van der Waals surface area contributed by atoms with Crippen molar-refractivity contribution < 1.29 is 9.53 Å². The van der Waals surface area contributed by atoms with Crippen LogP contribution in [0.1, 0.15) is 23.3 Å². The number of piperidine rings is 1. The average molecular weight is 445 g/mol. The van der Waals surface area contributed by atoms with E-state index >= 15 is 0 Å². The number of carbonyl (C=O) groups excluding carboxylic acids is 1. The third-order valence-electron chi connectivity index (χ3n) is 4.57. The van der Waals surface area contributed by atoms with Crippen molar-refractivity contribution in [1.29, 1.82) is 0 Å². The number of methoxy groups -OCH3 is 1. The molecule has 1 N–H and O–H groups in total. The van der Waals surface area contributed by atoms with Gasteiger partial charge in [0, 0.05) is 25.0 Å². The Kier molecular flexibility index (Phi) is 3.08. The van der Waals surface area contributed by atoms with Crippen LogP contribution >= 0.6 is 31.9 Å². The fraction of sp³-hybridized carbons (Fsp3) is 0.500. The molecule has 1 fully saturated rings. The molecule has 0 unspecified atom stereocenters. The minimum absolute atomic E-state index is 0.110. The van der Waals surface area contributed by atoms with Gasteiger partial charge in [-0.2, -0.15) is 0 Å². The lowest BCUT2D eigenvalue weighted by molar-refractivity contribution is -0.177. The summed E-state index contributed by atoms with van der Waals surface area (Å²) < 4.78 is 9.01. The van der Waals surface area contributed by atoms with Crippen LogP contribution in [-0.4, -0.2) is 40.7 Å². The van der Waals surface area contributed by atoms with E-state index in [0.717, 1.165) is 10.9 Å². The summed E-state index contributed by atoms with van der Waals surface area (Å²) in [5, 5.41) is 6.67. The lowest BCUT2D eigenvalue weighted by atomic mass is 9.93. The van der Waals surface area contributed by atoms with E-state index < -0.39 is 11.5 Å². The van der Waals surface area contributed by atoms with Gasteiger partial charge in [0.05, 0.1) is 4.47 Å². The molecule has 4 rings (SSSR count). The number of halogens is 2. The molecule has 1 saturated heterocycles. The number of azide groups is 1. The average Bonchev–Trinajstić information content (AvgIpc) is 3.10. The molecule has 3 aliphatic rings. The van der Waals surface area contributed by atoms with Crippen molar-refractivity contribution in [3.63, 3.8) is 0 Å². The maximum atomic E-state index is 12.9. The van der Waals surface area contributed by atoms with E-state index in [0.29, 0.717) is 23.3 Å². The standard InChI is InChI=1S/C12H11Br2N7O2/c1-23-11-3-2-4-20-9(22)7-5-6(13)8(14)21(7)12(11,20)17-10(16-11)18-19-15/h5H,2-4H2,1H3,(H,16,17)/t11-,12+/m0/s1. The maximum absolute atomic E-state index is 12.9. The highest BCUT2D eigenvalue weighted by atomic mass is 79.9. The Morgan fingerprint density at radius 2 is 2.35 bits per heavy atom. The molecule has 0 aliphatic carbocycles. The second-order valence-corrected chi connectivity index (χ2v) is 7.09. The van der Waals surface area contributed by atoms with E-state index in [1.54, 1.807) is 22.6 Å². The smallest absolute Gasteiger partial charge is 0.274 e. The highest BCUT2D eigenvalue weighted by Crippen LogP contribution is 2.53. The third-order valence-corrected chi connectivity index (χ3v) is 6.48. The normalized spacial score (nSPS) is 31.0. The van der Waals surface area contributed by atoms with Crippen LogP contribution in [0.15, 0.2) is 25.2 Å². The number of fused-ring (bicyclic) bond motifs is 1. The lowest BCUT2D eigenvalue weighted by Crippen LogP contribution is -2.68. The van der Waals surface area contributed by atoms with E-state index in [1.807, 2.05) is 0 Å². The number of hydrogen-bond donors (Lipinski definition) is 1. The summed E-state index contributed by atoms with van der Waals surface area (Å²) in [6.07, 6.45) is 1.36. The van der Waals surface area contributed by atoms with E-state index in [-0.39, 0.29) is 11.9 Å². The van der Waals surface area contributed by atoms with Crippen LogP contribution in [0.3, 0.4) is 0 Å². The van der Waals surface area contributed by atoms with Gasteiger partial charge >= 0.3 is 0 Å². The van der Waals surface area contributed by atoms with Crippen molar-refractivity contribution in [1.82, 2.24) is 14.8 Å². The molecular formula is C12H11Br2N7O2. The number of rotatable bonds is 1. The summed E-state index contributed by atoms with van der Waals surface area (Å²) >= 11 is 6.95. The molecule has 1 spiro atoms. The number of amides is 1. The van der Waals surface area contributed by atoms with Crippen LogP contribution in [0.5, 0.6) is 0 Å². The van der Waals surface area contributed by atoms with E-state index in [9.17, 15) is 4.79 Å². The number of aliphatic imine (C=N–C) groups is 1. The Balaban J connectivity index is 2.07. The number of nitrogens with one attached hydrogen (secondary N) is 1. The van der Waals surface area contributed by atoms with Crippen LogP contribution in [0.25, 0.3) is 10.4 Å². The summed E-state index contributed by atoms with van der Waals surface area (Å²) in [6.45, 7) is 0.546. The van der Waals surface area contributed by atoms with Crippen molar-refractivity contribution in [2.75, 3.05) is 13.7 Å². The van der Waals surface area contributed by atoms with Crippen LogP contribution in [-0.2, 0) is 10.5 Å². The first-order valence-corrected chi connectivity index (χ1v) is 8.47. The Morgan fingerprint density at radius 1 is 1.57 bits per heavy atom. The number of carbonyl (C=O) groups is 1. The molecule has 0 saturated carbocycles. The first-order chi connectivity index (χ1) is 11.0. The molecule has 120 valence electrons. The van der Waals surface area contributed by atoms with Gasteiger partial charge in [-0.25, -0.2) is 4.99 Å². The Labute approximate surface area is 147 Å². The zero-order chi connectivity index (χ0) is 16.4. The summed E-state index contributed by atoms with van der Waals surface area (Å²) in [6, 6.07) is 1.75. The van der Waals surface area contributed by atoms with Gasteiger partial charge in [-0.3, -0.25) is 14.3 Å². The molecule has 11 heteroatoms. The number of guanidine groups is 1. The Morgan fingerprint density at radius 3 is 3.04 bits per heavy atom. The molecule has 1 aromatic heterocycles. The largest absolute Gasteiger partial charge is 0.353 e. The van der Waals surface area contributed by atoms with Gasteiger partial charge < -0.3 is 10.1 Å². The highest BCUT2D eigenvalue weighted by Gasteiger charge is 2.69. The molecule has 9 nitrogen and oxygen atoms in total. The number of hydrogen-bond acceptors (Lipinski definition) is 5. The van der Waals surface area contributed by atoms with Gasteiger partial charge in [0.15, 0.2) is 5.96 Å². The van der Waals surface area contributed by atoms with Gasteiger partial charge in [0.2, 0.25) is 5.72 Å². The molecule has 23 heavy (non-hydrogen) atoms. The van der Waals surface area contributed by atoms with Crippen LogP contribution in [0.2, 0.25) is 0 Å². The zero-order valence-electron chi connectivity index (χ0n) is 12.0. The predicted octanol–water partition coefficient (Wildman–Crippen LogP) is 2.49. The Hall–Kier alpha value is -1.55. The molecular weight excluding hydrogens is 434 g/mol. The predicted molar refractivity (Wildman–Crippen MR) is 87.5 cm³/mol. The summed E-state index contributed by atoms with van der Waals surface area (Å²) in [7, 11) is 1.56.